The van der Waals surface area contributed by atoms with Crippen molar-refractivity contribution in [2.24, 2.45) is 0 Å². The predicted octanol–water partition coefficient (Wildman–Crippen LogP) is 4.32. The quantitative estimate of drug-likeness (QED) is 0.688. The number of ether oxygens (including phenoxy) is 1. The van der Waals surface area contributed by atoms with E-state index >= 15 is 0 Å². The van der Waals surface area contributed by atoms with E-state index in [1.807, 2.05) is 0 Å². The molecule has 0 fully saturated rings. The fraction of sp³-hybridized carbons (Fsp3) is 0.222. The molecule has 1 heterocycles. The number of hydrogen-bond donors (Lipinski definition) is 0. The van der Waals surface area contributed by atoms with E-state index in [0.29, 0.717) is 0 Å². The molecule has 0 bridgehead atoms. The number of nitrogens with zero attached hydrogens (tertiary/aromatic N) is 1. The summed E-state index contributed by atoms with van der Waals surface area (Å²) in [5.41, 5.74) is 5.15. The largest absolute Gasteiger partial charge is 0.497 e. The third kappa shape index (κ3) is 2.18. The van der Waals surface area contributed by atoms with Crippen molar-refractivity contribution in [3.63, 3.8) is 0 Å². The van der Waals surface area contributed by atoms with Crippen LogP contribution in [0.25, 0.3) is 10.9 Å². The molecule has 0 saturated heterocycles. The Morgan fingerprint density at radius 3 is 2.45 bits per heavy atom. The Bertz CT molecular complexity index is 741. The summed E-state index contributed by atoms with van der Waals surface area (Å²) < 4.78 is 7.74. The van der Waals surface area contributed by atoms with Crippen LogP contribution in [0.15, 0.2) is 48.5 Å². The molecule has 1 aromatic heterocycles. The Morgan fingerprint density at radius 1 is 1.00 bits per heavy atom. The molecule has 0 aliphatic rings. The molecule has 3 rings (SSSR count). The van der Waals surface area contributed by atoms with Crippen LogP contribution in [0.5, 0.6) is 5.75 Å². The van der Waals surface area contributed by atoms with Crippen LogP contribution >= 0.6 is 0 Å². The highest BCUT2D eigenvalue weighted by Gasteiger charge is 2.10. The number of fused-ring (bicyclic) bond motifs is 1. The van der Waals surface area contributed by atoms with Crippen molar-refractivity contribution in [3.8, 4) is 5.75 Å². The Morgan fingerprint density at radius 2 is 1.75 bits per heavy atom. The Labute approximate surface area is 119 Å². The molecule has 3 aromatic rings. The molecule has 0 amide bonds. The van der Waals surface area contributed by atoms with E-state index in [0.717, 1.165) is 12.3 Å². The van der Waals surface area contributed by atoms with Crippen molar-refractivity contribution >= 4 is 10.9 Å². The lowest BCUT2D eigenvalue weighted by Gasteiger charge is -2.11. The SMILES string of the molecule is COc1cc(C)c2c(c1)cc(C)n2Cc1ccccc1. The summed E-state index contributed by atoms with van der Waals surface area (Å²) in [7, 11) is 1.72. The van der Waals surface area contributed by atoms with Crippen LogP contribution in [-0.2, 0) is 6.54 Å². The average Bonchev–Trinajstić information content (AvgIpc) is 2.76. The third-order valence-corrected chi connectivity index (χ3v) is 3.78. The minimum absolute atomic E-state index is 0.906. The summed E-state index contributed by atoms with van der Waals surface area (Å²) in [4.78, 5) is 0. The van der Waals surface area contributed by atoms with Gasteiger partial charge < -0.3 is 9.30 Å². The molecule has 0 N–H and O–H groups in total. The lowest BCUT2D eigenvalue weighted by molar-refractivity contribution is 0.415. The molecule has 0 aliphatic heterocycles. The molecule has 2 heteroatoms. The lowest BCUT2D eigenvalue weighted by Crippen LogP contribution is -2.02. The molecule has 0 saturated carbocycles. The van der Waals surface area contributed by atoms with Crippen LogP contribution in [0.1, 0.15) is 16.8 Å². The first-order valence-electron chi connectivity index (χ1n) is 6.87. The minimum Gasteiger partial charge on any atom is -0.497 e. The van der Waals surface area contributed by atoms with Crippen LogP contribution in [-0.4, -0.2) is 11.7 Å². The van der Waals surface area contributed by atoms with Crippen molar-refractivity contribution in [1.82, 2.24) is 4.57 Å². The summed E-state index contributed by atoms with van der Waals surface area (Å²) in [6.45, 7) is 5.21. The van der Waals surface area contributed by atoms with Gasteiger partial charge in [0, 0.05) is 17.6 Å². The Hall–Kier alpha value is -2.22. The summed E-state index contributed by atoms with van der Waals surface area (Å²) in [6, 6.07) is 17.0. The highest BCUT2D eigenvalue weighted by Crippen LogP contribution is 2.28. The zero-order valence-corrected chi connectivity index (χ0v) is 12.2. The summed E-state index contributed by atoms with van der Waals surface area (Å²) in [5, 5.41) is 1.25. The highest BCUT2D eigenvalue weighted by molar-refractivity contribution is 5.86. The first-order chi connectivity index (χ1) is 9.69. The normalized spacial score (nSPS) is 10.9. The molecule has 0 radical (unpaired) electrons. The van der Waals surface area contributed by atoms with Gasteiger partial charge in [0.05, 0.1) is 12.6 Å². The lowest BCUT2D eigenvalue weighted by atomic mass is 10.1. The number of benzene rings is 2. The van der Waals surface area contributed by atoms with E-state index in [9.17, 15) is 0 Å². The van der Waals surface area contributed by atoms with Gasteiger partial charge >= 0.3 is 0 Å². The molecule has 0 unspecified atom stereocenters. The Balaban J connectivity index is 2.13. The van der Waals surface area contributed by atoms with Gasteiger partial charge in [-0.2, -0.15) is 0 Å². The van der Waals surface area contributed by atoms with E-state index in [1.165, 1.54) is 27.7 Å². The maximum absolute atomic E-state index is 5.36. The average molecular weight is 265 g/mol. The van der Waals surface area contributed by atoms with Crippen LogP contribution < -0.4 is 4.74 Å². The monoisotopic (exact) mass is 265 g/mol. The van der Waals surface area contributed by atoms with Gasteiger partial charge in [0.2, 0.25) is 0 Å². The zero-order chi connectivity index (χ0) is 14.1. The van der Waals surface area contributed by atoms with E-state index in [-0.39, 0.29) is 0 Å². The second-order valence-corrected chi connectivity index (χ2v) is 5.24. The van der Waals surface area contributed by atoms with Gasteiger partial charge in [-0.1, -0.05) is 30.3 Å². The van der Waals surface area contributed by atoms with Gasteiger partial charge in [0.25, 0.3) is 0 Å². The van der Waals surface area contributed by atoms with Crippen molar-refractivity contribution in [2.75, 3.05) is 7.11 Å². The van der Waals surface area contributed by atoms with Gasteiger partial charge in [-0.15, -0.1) is 0 Å². The second-order valence-electron chi connectivity index (χ2n) is 5.24. The molecule has 2 nitrogen and oxygen atoms in total. The molecule has 102 valence electrons. The van der Waals surface area contributed by atoms with Crippen LogP contribution in [0.2, 0.25) is 0 Å². The number of hydrogen-bond acceptors (Lipinski definition) is 1. The molecule has 0 aliphatic carbocycles. The molecule has 0 atom stereocenters. The standard InChI is InChI=1S/C18H19NO/c1-13-9-17(20-3)11-16-10-14(2)19(18(13)16)12-15-7-5-4-6-8-15/h4-11H,12H2,1-3H3. The first kappa shape index (κ1) is 12.8. The molecule has 0 spiro atoms. The fourth-order valence-electron chi connectivity index (χ4n) is 2.82. The summed E-state index contributed by atoms with van der Waals surface area (Å²) in [5.74, 6) is 0.923. The minimum atomic E-state index is 0.906. The summed E-state index contributed by atoms with van der Waals surface area (Å²) >= 11 is 0. The molecular weight excluding hydrogens is 246 g/mol. The first-order valence-corrected chi connectivity index (χ1v) is 6.87. The van der Waals surface area contributed by atoms with Crippen LogP contribution in [0.3, 0.4) is 0 Å². The Kier molecular flexibility index (Phi) is 3.23. The molecule has 2 aromatic carbocycles. The van der Waals surface area contributed by atoms with Crippen molar-refractivity contribution in [2.45, 2.75) is 20.4 Å². The maximum Gasteiger partial charge on any atom is 0.119 e. The smallest absolute Gasteiger partial charge is 0.119 e. The fourth-order valence-corrected chi connectivity index (χ4v) is 2.82. The number of rotatable bonds is 3. The van der Waals surface area contributed by atoms with E-state index in [2.05, 4.69) is 66.9 Å². The van der Waals surface area contributed by atoms with E-state index in [4.69, 9.17) is 4.74 Å². The number of aromatic nitrogens is 1. The van der Waals surface area contributed by atoms with Crippen molar-refractivity contribution in [1.29, 1.82) is 0 Å². The van der Waals surface area contributed by atoms with Crippen molar-refractivity contribution in [3.05, 3.63) is 65.4 Å². The van der Waals surface area contributed by atoms with Gasteiger partial charge in [-0.05, 0) is 43.2 Å². The molecular formula is C18H19NO. The topological polar surface area (TPSA) is 14.2 Å². The third-order valence-electron chi connectivity index (χ3n) is 3.78. The van der Waals surface area contributed by atoms with Gasteiger partial charge in [0.1, 0.15) is 5.75 Å². The van der Waals surface area contributed by atoms with Gasteiger partial charge in [-0.25, -0.2) is 0 Å². The highest BCUT2D eigenvalue weighted by atomic mass is 16.5. The molecule has 20 heavy (non-hydrogen) atoms. The zero-order valence-electron chi connectivity index (χ0n) is 12.2. The number of methoxy groups -OCH3 is 1. The van der Waals surface area contributed by atoms with Gasteiger partial charge in [-0.3, -0.25) is 0 Å². The maximum atomic E-state index is 5.36. The number of aryl methyl sites for hydroxylation is 2. The van der Waals surface area contributed by atoms with Crippen LogP contribution in [0.4, 0.5) is 0 Å². The van der Waals surface area contributed by atoms with Crippen molar-refractivity contribution < 1.29 is 4.74 Å². The predicted molar refractivity (Wildman–Crippen MR) is 83.5 cm³/mol. The second kappa shape index (κ2) is 5.04. The van der Waals surface area contributed by atoms with E-state index < -0.39 is 0 Å². The van der Waals surface area contributed by atoms with Crippen LogP contribution in [0, 0.1) is 13.8 Å². The van der Waals surface area contributed by atoms with E-state index in [1.54, 1.807) is 7.11 Å². The van der Waals surface area contributed by atoms with Gasteiger partial charge in [0.15, 0.2) is 0 Å². The summed E-state index contributed by atoms with van der Waals surface area (Å²) in [6.07, 6.45) is 0.